The van der Waals surface area contributed by atoms with Crippen molar-refractivity contribution in [2.45, 2.75) is 0 Å². The largest absolute Gasteiger partial charge is 0.443 e. The molecular weight excluding hydrogens is 166 g/mol. The van der Waals surface area contributed by atoms with Gasteiger partial charge >= 0.3 is 6.09 Å². The van der Waals surface area contributed by atoms with Gasteiger partial charge in [0.2, 0.25) is 0 Å². The molecule has 0 atom stereocenters. The molecule has 1 aliphatic heterocycles. The van der Waals surface area contributed by atoms with Crippen LogP contribution < -0.4 is 5.32 Å². The molecule has 1 N–H and O–H groups in total. The van der Waals surface area contributed by atoms with Gasteiger partial charge in [-0.1, -0.05) is 30.3 Å². The minimum atomic E-state index is -0.373. The van der Waals surface area contributed by atoms with Gasteiger partial charge in [0.25, 0.3) is 0 Å². The second-order valence-electron chi connectivity index (χ2n) is 2.78. The maximum atomic E-state index is 10.7. The lowest BCUT2D eigenvalue weighted by Gasteiger charge is -1.94. The molecule has 0 unspecified atom stereocenters. The minimum absolute atomic E-state index is 0.341. The van der Waals surface area contributed by atoms with Crippen LogP contribution >= 0.6 is 0 Å². The van der Waals surface area contributed by atoms with Crippen LogP contribution in [0.1, 0.15) is 5.56 Å². The van der Waals surface area contributed by atoms with Gasteiger partial charge in [-0.15, -0.1) is 0 Å². The molecule has 1 aromatic carbocycles. The van der Waals surface area contributed by atoms with E-state index in [-0.39, 0.29) is 6.09 Å². The Morgan fingerprint density at radius 3 is 2.69 bits per heavy atom. The number of nitrogens with one attached hydrogen (secondary N) is 1. The summed E-state index contributed by atoms with van der Waals surface area (Å²) < 4.78 is 4.72. The van der Waals surface area contributed by atoms with Gasteiger partial charge in [0.1, 0.15) is 6.61 Å². The minimum Gasteiger partial charge on any atom is -0.443 e. The number of ether oxygens (including phenoxy) is 1. The van der Waals surface area contributed by atoms with Crippen molar-refractivity contribution in [3.63, 3.8) is 0 Å². The Balaban J connectivity index is 2.17. The van der Waals surface area contributed by atoms with Crippen LogP contribution in [0.5, 0.6) is 0 Å². The molecule has 13 heavy (non-hydrogen) atoms. The Bertz CT molecular complexity index is 343. The Morgan fingerprint density at radius 1 is 1.31 bits per heavy atom. The van der Waals surface area contributed by atoms with E-state index < -0.39 is 0 Å². The molecule has 3 heteroatoms. The summed E-state index contributed by atoms with van der Waals surface area (Å²) in [4.78, 5) is 10.7. The molecule has 0 bridgehead atoms. The molecule has 1 saturated heterocycles. The predicted octanol–water partition coefficient (Wildman–Crippen LogP) is 1.77. The zero-order chi connectivity index (χ0) is 9.10. The van der Waals surface area contributed by atoms with Crippen molar-refractivity contribution in [1.29, 1.82) is 0 Å². The van der Waals surface area contributed by atoms with Gasteiger partial charge in [-0.2, -0.15) is 0 Å². The van der Waals surface area contributed by atoms with E-state index in [0.717, 1.165) is 11.3 Å². The molecule has 1 aliphatic rings. The average molecular weight is 175 g/mol. The van der Waals surface area contributed by atoms with E-state index in [9.17, 15) is 4.79 Å². The van der Waals surface area contributed by atoms with Crippen molar-refractivity contribution < 1.29 is 9.53 Å². The van der Waals surface area contributed by atoms with E-state index in [1.54, 1.807) is 0 Å². The highest BCUT2D eigenvalue weighted by atomic mass is 16.6. The summed E-state index contributed by atoms with van der Waals surface area (Å²) in [7, 11) is 0. The predicted molar refractivity (Wildman–Crippen MR) is 48.9 cm³/mol. The lowest BCUT2D eigenvalue weighted by atomic mass is 10.2. The third kappa shape index (κ3) is 1.87. The van der Waals surface area contributed by atoms with E-state index in [1.807, 2.05) is 36.4 Å². The van der Waals surface area contributed by atoms with Crippen LogP contribution in [-0.2, 0) is 4.74 Å². The number of hydrogen-bond donors (Lipinski definition) is 1. The normalized spacial score (nSPS) is 18.5. The summed E-state index contributed by atoms with van der Waals surface area (Å²) in [6.07, 6.45) is 1.52. The number of benzene rings is 1. The molecule has 1 aromatic rings. The van der Waals surface area contributed by atoms with Crippen LogP contribution in [-0.4, -0.2) is 12.7 Å². The van der Waals surface area contributed by atoms with Crippen molar-refractivity contribution in [3.05, 3.63) is 41.6 Å². The van der Waals surface area contributed by atoms with E-state index in [1.165, 1.54) is 0 Å². The van der Waals surface area contributed by atoms with Crippen molar-refractivity contribution in [3.8, 4) is 0 Å². The Kier molecular flexibility index (Phi) is 2.00. The highest BCUT2D eigenvalue weighted by Gasteiger charge is 2.14. The number of rotatable bonds is 1. The lowest BCUT2D eigenvalue weighted by Crippen LogP contribution is -2.10. The Labute approximate surface area is 76.0 Å². The SMILES string of the molecule is O=C1N/C(=C\c2ccccc2)CO1. The second kappa shape index (κ2) is 3.31. The van der Waals surface area contributed by atoms with Gasteiger partial charge in [0.15, 0.2) is 0 Å². The number of alkyl carbamates (subject to hydrolysis) is 1. The first-order valence-corrected chi connectivity index (χ1v) is 4.04. The summed E-state index contributed by atoms with van der Waals surface area (Å²) in [5, 5.41) is 2.60. The van der Waals surface area contributed by atoms with E-state index in [0.29, 0.717) is 6.61 Å². The summed E-state index contributed by atoms with van der Waals surface area (Å²) in [5.41, 5.74) is 1.86. The lowest BCUT2D eigenvalue weighted by molar-refractivity contribution is 0.179. The molecule has 0 radical (unpaired) electrons. The number of cyclic esters (lactones) is 1. The molecule has 66 valence electrons. The number of carbonyl (C=O) groups excluding carboxylic acids is 1. The topological polar surface area (TPSA) is 38.3 Å². The molecule has 0 saturated carbocycles. The first-order valence-electron chi connectivity index (χ1n) is 4.04. The van der Waals surface area contributed by atoms with Crippen LogP contribution in [0, 0.1) is 0 Å². The molecule has 0 spiro atoms. The zero-order valence-corrected chi connectivity index (χ0v) is 6.99. The van der Waals surface area contributed by atoms with Crippen molar-refractivity contribution in [2.24, 2.45) is 0 Å². The molecule has 1 fully saturated rings. The van der Waals surface area contributed by atoms with E-state index in [4.69, 9.17) is 4.74 Å². The highest BCUT2D eigenvalue weighted by molar-refractivity contribution is 5.75. The summed E-state index contributed by atoms with van der Waals surface area (Å²) in [6, 6.07) is 9.79. The zero-order valence-electron chi connectivity index (χ0n) is 6.99. The fraction of sp³-hybridized carbons (Fsp3) is 0.100. The number of hydrogen-bond acceptors (Lipinski definition) is 2. The molecular formula is C10H9NO2. The summed E-state index contributed by atoms with van der Waals surface area (Å²) in [6.45, 7) is 0.341. The number of carbonyl (C=O) groups is 1. The van der Waals surface area contributed by atoms with Crippen LogP contribution in [0.3, 0.4) is 0 Å². The maximum Gasteiger partial charge on any atom is 0.411 e. The molecule has 3 nitrogen and oxygen atoms in total. The van der Waals surface area contributed by atoms with Gasteiger partial charge in [-0.3, -0.25) is 5.32 Å². The molecule has 2 rings (SSSR count). The quantitative estimate of drug-likeness (QED) is 0.706. The Morgan fingerprint density at radius 2 is 2.08 bits per heavy atom. The third-order valence-electron chi connectivity index (χ3n) is 1.76. The average Bonchev–Trinajstić information content (AvgIpc) is 2.53. The van der Waals surface area contributed by atoms with Crippen molar-refractivity contribution in [1.82, 2.24) is 5.32 Å². The van der Waals surface area contributed by atoms with Crippen LogP contribution in [0.25, 0.3) is 6.08 Å². The third-order valence-corrected chi connectivity index (χ3v) is 1.76. The van der Waals surface area contributed by atoms with Gasteiger partial charge in [-0.05, 0) is 11.6 Å². The summed E-state index contributed by atoms with van der Waals surface area (Å²) in [5.74, 6) is 0. The molecule has 0 aliphatic carbocycles. The fourth-order valence-electron chi connectivity index (χ4n) is 1.17. The first kappa shape index (κ1) is 7.86. The monoisotopic (exact) mass is 175 g/mol. The van der Waals surface area contributed by atoms with Crippen LogP contribution in [0.2, 0.25) is 0 Å². The van der Waals surface area contributed by atoms with E-state index in [2.05, 4.69) is 5.32 Å². The molecule has 1 amide bonds. The second-order valence-corrected chi connectivity index (χ2v) is 2.78. The van der Waals surface area contributed by atoms with Crippen molar-refractivity contribution in [2.75, 3.05) is 6.61 Å². The van der Waals surface area contributed by atoms with Crippen LogP contribution in [0.4, 0.5) is 4.79 Å². The molecule has 1 heterocycles. The maximum absolute atomic E-state index is 10.7. The van der Waals surface area contributed by atoms with Gasteiger partial charge in [-0.25, -0.2) is 4.79 Å². The van der Waals surface area contributed by atoms with Crippen LogP contribution in [0.15, 0.2) is 36.0 Å². The van der Waals surface area contributed by atoms with Gasteiger partial charge < -0.3 is 4.74 Å². The fourth-order valence-corrected chi connectivity index (χ4v) is 1.17. The van der Waals surface area contributed by atoms with Gasteiger partial charge in [0, 0.05) is 0 Å². The number of amides is 1. The standard InChI is InChI=1S/C10H9NO2/c12-10-11-9(7-13-10)6-8-4-2-1-3-5-8/h1-6H,7H2,(H,11,12)/b9-6-. The van der Waals surface area contributed by atoms with Crippen molar-refractivity contribution >= 4 is 12.2 Å². The first-order chi connectivity index (χ1) is 6.34. The smallest absolute Gasteiger partial charge is 0.411 e. The highest BCUT2D eigenvalue weighted by Crippen LogP contribution is 2.08. The van der Waals surface area contributed by atoms with E-state index >= 15 is 0 Å². The molecule has 0 aromatic heterocycles. The Hall–Kier alpha value is -1.77. The summed E-state index contributed by atoms with van der Waals surface area (Å²) >= 11 is 0. The van der Waals surface area contributed by atoms with Gasteiger partial charge in [0.05, 0.1) is 5.70 Å².